The third-order valence-electron chi connectivity index (χ3n) is 3.79. The van der Waals surface area contributed by atoms with Crippen LogP contribution in [0.15, 0.2) is 16.9 Å². The molecule has 6 heteroatoms. The maximum atomic E-state index is 12.1. The number of piperidine rings is 1. The summed E-state index contributed by atoms with van der Waals surface area (Å²) in [4.78, 5) is 28.6. The number of carbonyl (C=O) groups is 1. The topological polar surface area (TPSA) is 85.4 Å². The molecule has 1 saturated heterocycles. The van der Waals surface area contributed by atoms with Crippen LogP contribution in [0.25, 0.3) is 0 Å². The number of hydrogen-bond acceptors (Lipinski definition) is 4. The average molecular weight is 293 g/mol. The highest BCUT2D eigenvalue weighted by Gasteiger charge is 2.20. The number of aryl methyl sites for hydroxylation is 1. The number of carbonyl (C=O) groups excluding carboxylic acids is 1. The molecule has 2 rings (SSSR count). The number of β-amino-alcohol motifs (C(OH)–C–C–N with tert-alkyl or cyclic N) is 1. The van der Waals surface area contributed by atoms with Gasteiger partial charge in [-0.2, -0.15) is 0 Å². The van der Waals surface area contributed by atoms with E-state index in [1.54, 1.807) is 6.92 Å². The van der Waals surface area contributed by atoms with Crippen molar-refractivity contribution in [1.29, 1.82) is 0 Å². The smallest absolute Gasteiger partial charge is 0.267 e. The molecule has 6 nitrogen and oxygen atoms in total. The molecule has 0 spiro atoms. The molecular formula is C15H23N3O3. The van der Waals surface area contributed by atoms with Gasteiger partial charge < -0.3 is 20.3 Å². The van der Waals surface area contributed by atoms with Gasteiger partial charge in [0, 0.05) is 37.5 Å². The van der Waals surface area contributed by atoms with Crippen LogP contribution in [0.1, 0.15) is 29.0 Å². The van der Waals surface area contributed by atoms with Crippen molar-refractivity contribution in [2.24, 2.45) is 5.92 Å². The second-order valence-electron chi connectivity index (χ2n) is 5.66. The zero-order valence-corrected chi connectivity index (χ0v) is 12.4. The Morgan fingerprint density at radius 2 is 2.33 bits per heavy atom. The minimum absolute atomic E-state index is 0.164. The molecule has 1 atom stereocenters. The van der Waals surface area contributed by atoms with E-state index in [9.17, 15) is 9.59 Å². The van der Waals surface area contributed by atoms with E-state index in [2.05, 4.69) is 15.2 Å². The van der Waals surface area contributed by atoms with Crippen LogP contribution in [0.3, 0.4) is 0 Å². The highest BCUT2D eigenvalue weighted by Crippen LogP contribution is 2.15. The van der Waals surface area contributed by atoms with Gasteiger partial charge in [-0.3, -0.25) is 9.59 Å². The number of aromatic amines is 1. The Morgan fingerprint density at radius 1 is 1.52 bits per heavy atom. The van der Waals surface area contributed by atoms with Crippen molar-refractivity contribution in [2.75, 3.05) is 32.8 Å². The first-order valence-electron chi connectivity index (χ1n) is 7.41. The molecule has 0 radical (unpaired) electrons. The van der Waals surface area contributed by atoms with E-state index >= 15 is 0 Å². The number of rotatable bonds is 5. The van der Waals surface area contributed by atoms with E-state index in [0.29, 0.717) is 30.4 Å². The second-order valence-corrected chi connectivity index (χ2v) is 5.66. The number of aliphatic hydroxyl groups excluding tert-OH is 1. The molecule has 1 aliphatic rings. The molecule has 1 unspecified atom stereocenters. The van der Waals surface area contributed by atoms with Gasteiger partial charge in [-0.25, -0.2) is 0 Å². The molecular weight excluding hydrogens is 270 g/mol. The molecule has 3 N–H and O–H groups in total. The maximum absolute atomic E-state index is 12.1. The van der Waals surface area contributed by atoms with E-state index < -0.39 is 0 Å². The maximum Gasteiger partial charge on any atom is 0.267 e. The van der Waals surface area contributed by atoms with Gasteiger partial charge in [0.25, 0.3) is 5.91 Å². The predicted molar refractivity (Wildman–Crippen MR) is 80.4 cm³/mol. The van der Waals surface area contributed by atoms with Crippen LogP contribution in [0, 0.1) is 12.8 Å². The number of aromatic nitrogens is 1. The Balaban J connectivity index is 1.87. The number of likely N-dealkylation sites (tertiary alicyclic amines) is 1. The van der Waals surface area contributed by atoms with Gasteiger partial charge in [0.15, 0.2) is 5.43 Å². The van der Waals surface area contributed by atoms with Crippen molar-refractivity contribution in [3.05, 3.63) is 33.7 Å². The molecule has 1 fully saturated rings. The fourth-order valence-electron chi connectivity index (χ4n) is 2.80. The van der Waals surface area contributed by atoms with E-state index in [1.807, 2.05) is 0 Å². The van der Waals surface area contributed by atoms with Crippen LogP contribution < -0.4 is 10.7 Å². The Hall–Kier alpha value is -1.66. The Kier molecular flexibility index (Phi) is 5.52. The summed E-state index contributed by atoms with van der Waals surface area (Å²) in [5.74, 6) is 0.154. The molecule has 1 aliphatic heterocycles. The van der Waals surface area contributed by atoms with Gasteiger partial charge in [0.05, 0.1) is 6.61 Å². The summed E-state index contributed by atoms with van der Waals surface area (Å²) in [5.41, 5.74) is 0.825. The molecule has 0 saturated carbocycles. The van der Waals surface area contributed by atoms with Gasteiger partial charge in [-0.05, 0) is 32.2 Å². The number of nitrogens with zero attached hydrogens (tertiary/aromatic N) is 1. The molecule has 1 aromatic rings. The monoisotopic (exact) mass is 293 g/mol. The zero-order valence-electron chi connectivity index (χ0n) is 12.4. The molecule has 116 valence electrons. The van der Waals surface area contributed by atoms with Crippen LogP contribution in [-0.4, -0.2) is 53.7 Å². The summed E-state index contributed by atoms with van der Waals surface area (Å²) in [5, 5.41) is 11.9. The Bertz CT molecular complexity index is 539. The highest BCUT2D eigenvalue weighted by atomic mass is 16.3. The van der Waals surface area contributed by atoms with E-state index in [1.165, 1.54) is 12.1 Å². The van der Waals surface area contributed by atoms with E-state index in [-0.39, 0.29) is 17.9 Å². The van der Waals surface area contributed by atoms with Crippen molar-refractivity contribution in [1.82, 2.24) is 15.2 Å². The zero-order chi connectivity index (χ0) is 15.2. The fraction of sp³-hybridized carbons (Fsp3) is 0.600. The second kappa shape index (κ2) is 7.38. The molecule has 0 bridgehead atoms. The molecule has 0 aromatic carbocycles. The average Bonchev–Trinajstić information content (AvgIpc) is 2.44. The summed E-state index contributed by atoms with van der Waals surface area (Å²) in [6, 6.07) is 2.78. The van der Waals surface area contributed by atoms with E-state index in [4.69, 9.17) is 5.11 Å². The molecule has 1 amide bonds. The SMILES string of the molecule is Cc1cc(=O)cc(C(=O)NCC2CCCN(CCO)C2)[nH]1. The standard InChI is InChI=1S/C15H23N3O3/c1-11-7-13(20)8-14(17-11)15(21)16-9-12-3-2-4-18(10-12)5-6-19/h7-8,12,19H,2-6,9-10H2,1H3,(H,16,21)(H,17,20). The summed E-state index contributed by atoms with van der Waals surface area (Å²) in [7, 11) is 0. The van der Waals surface area contributed by atoms with Gasteiger partial charge in [-0.15, -0.1) is 0 Å². The van der Waals surface area contributed by atoms with Crippen molar-refractivity contribution in [2.45, 2.75) is 19.8 Å². The van der Waals surface area contributed by atoms with Gasteiger partial charge in [-0.1, -0.05) is 0 Å². The van der Waals surface area contributed by atoms with Crippen LogP contribution in [0.2, 0.25) is 0 Å². The lowest BCUT2D eigenvalue weighted by atomic mass is 9.98. The summed E-state index contributed by atoms with van der Waals surface area (Å²) in [6.07, 6.45) is 2.16. The summed E-state index contributed by atoms with van der Waals surface area (Å²) in [6.45, 7) is 5.11. The molecule has 1 aromatic heterocycles. The first-order chi connectivity index (χ1) is 10.1. The normalized spacial score (nSPS) is 19.4. The first kappa shape index (κ1) is 15.7. The summed E-state index contributed by atoms with van der Waals surface area (Å²) < 4.78 is 0. The van der Waals surface area contributed by atoms with Crippen LogP contribution >= 0.6 is 0 Å². The minimum Gasteiger partial charge on any atom is -0.395 e. The lowest BCUT2D eigenvalue weighted by molar-refractivity contribution is 0.0920. The molecule has 21 heavy (non-hydrogen) atoms. The van der Waals surface area contributed by atoms with Crippen LogP contribution in [-0.2, 0) is 0 Å². The van der Waals surface area contributed by atoms with Crippen molar-refractivity contribution in [3.8, 4) is 0 Å². The fourth-order valence-corrected chi connectivity index (χ4v) is 2.80. The Labute approximate surface area is 124 Å². The highest BCUT2D eigenvalue weighted by molar-refractivity contribution is 5.92. The third-order valence-corrected chi connectivity index (χ3v) is 3.79. The summed E-state index contributed by atoms with van der Waals surface area (Å²) >= 11 is 0. The van der Waals surface area contributed by atoms with Crippen molar-refractivity contribution < 1.29 is 9.90 Å². The van der Waals surface area contributed by atoms with Crippen LogP contribution in [0.4, 0.5) is 0 Å². The lowest BCUT2D eigenvalue weighted by Crippen LogP contribution is -2.42. The van der Waals surface area contributed by atoms with Gasteiger partial charge in [0.1, 0.15) is 5.69 Å². The van der Waals surface area contributed by atoms with Gasteiger partial charge >= 0.3 is 0 Å². The number of aliphatic hydroxyl groups is 1. The van der Waals surface area contributed by atoms with Crippen LogP contribution in [0.5, 0.6) is 0 Å². The minimum atomic E-state index is -0.241. The lowest BCUT2D eigenvalue weighted by Gasteiger charge is -2.32. The number of pyridine rings is 1. The number of nitrogens with one attached hydrogen (secondary N) is 2. The molecule has 2 heterocycles. The van der Waals surface area contributed by atoms with Crippen molar-refractivity contribution >= 4 is 5.91 Å². The predicted octanol–water partition coefficient (Wildman–Crippen LogP) is 0.117. The first-order valence-corrected chi connectivity index (χ1v) is 7.41. The number of amides is 1. The van der Waals surface area contributed by atoms with E-state index in [0.717, 1.165) is 25.9 Å². The Morgan fingerprint density at radius 3 is 3.05 bits per heavy atom. The quantitative estimate of drug-likeness (QED) is 0.720. The van der Waals surface area contributed by atoms with Crippen molar-refractivity contribution in [3.63, 3.8) is 0 Å². The third kappa shape index (κ3) is 4.68. The van der Waals surface area contributed by atoms with Gasteiger partial charge in [0.2, 0.25) is 0 Å². The number of hydrogen-bond donors (Lipinski definition) is 3. The molecule has 0 aliphatic carbocycles. The number of H-pyrrole nitrogens is 1. The largest absolute Gasteiger partial charge is 0.395 e.